The maximum atomic E-state index is 15.8. The molecule has 1 aliphatic rings. The van der Waals surface area contributed by atoms with Gasteiger partial charge in [0.15, 0.2) is 11.5 Å². The van der Waals surface area contributed by atoms with Gasteiger partial charge in [0.1, 0.15) is 17.3 Å². The summed E-state index contributed by atoms with van der Waals surface area (Å²) >= 11 is 0. The van der Waals surface area contributed by atoms with Crippen LogP contribution >= 0.6 is 0 Å². The van der Waals surface area contributed by atoms with Crippen molar-refractivity contribution < 1.29 is 17.6 Å². The Hall–Kier alpha value is -4.06. The third-order valence-corrected chi connectivity index (χ3v) is 7.31. The van der Waals surface area contributed by atoms with E-state index in [0.29, 0.717) is 18.7 Å². The Balaban J connectivity index is 1.91. The van der Waals surface area contributed by atoms with E-state index in [0.717, 1.165) is 16.7 Å². The number of aromatic nitrogens is 4. The van der Waals surface area contributed by atoms with Crippen LogP contribution in [0.2, 0.25) is 0 Å². The molecule has 4 aromatic rings. The van der Waals surface area contributed by atoms with Gasteiger partial charge in [0.05, 0.1) is 28.2 Å². The van der Waals surface area contributed by atoms with Crippen LogP contribution in [0.5, 0.6) is 0 Å². The first-order valence-corrected chi connectivity index (χ1v) is 12.9. The van der Waals surface area contributed by atoms with Gasteiger partial charge < -0.3 is 16.0 Å². The molecule has 40 heavy (non-hydrogen) atoms. The minimum atomic E-state index is -2.77. The molecule has 0 saturated carbocycles. The van der Waals surface area contributed by atoms with Gasteiger partial charge in [0.25, 0.3) is 0 Å². The van der Waals surface area contributed by atoms with Crippen LogP contribution < -0.4 is 21.6 Å². The molecule has 3 atom stereocenters. The standard InChI is InChI=1S/C28H29F4N7O/c1-13-8-9-34-22(16(4)25(31)32)24(13)39-27-17(26(37-28(39)40)38-12-14(2)35-11-15(38)3)10-19(30)23(36-27)21-18(29)6-5-7-20(21)33/h5-10,14-16,25,35H,11-12,33H2,1-4H3/t14-,15+,16?/m1/s1. The second kappa shape index (κ2) is 10.5. The second-order valence-corrected chi connectivity index (χ2v) is 10.2. The number of nitrogens with zero attached hydrogens (tertiary/aromatic N) is 5. The van der Waals surface area contributed by atoms with E-state index in [2.05, 4.69) is 20.3 Å². The van der Waals surface area contributed by atoms with E-state index in [1.807, 2.05) is 18.7 Å². The molecule has 0 aliphatic carbocycles. The first kappa shape index (κ1) is 27.5. The zero-order valence-electron chi connectivity index (χ0n) is 22.4. The zero-order valence-corrected chi connectivity index (χ0v) is 22.4. The second-order valence-electron chi connectivity index (χ2n) is 10.2. The third-order valence-electron chi connectivity index (χ3n) is 7.31. The molecule has 1 unspecified atom stereocenters. The molecular weight excluding hydrogens is 526 g/mol. The maximum Gasteiger partial charge on any atom is 0.355 e. The van der Waals surface area contributed by atoms with E-state index in [1.165, 1.54) is 25.3 Å². The van der Waals surface area contributed by atoms with Crippen LogP contribution in [0.3, 0.4) is 0 Å². The lowest BCUT2D eigenvalue weighted by atomic mass is 10.0. The summed E-state index contributed by atoms with van der Waals surface area (Å²) in [7, 11) is 0. The molecule has 0 amide bonds. The van der Waals surface area contributed by atoms with Crippen LogP contribution in [-0.2, 0) is 0 Å². The lowest BCUT2D eigenvalue weighted by Crippen LogP contribution is -2.55. The van der Waals surface area contributed by atoms with Crippen molar-refractivity contribution in [2.24, 2.45) is 0 Å². The number of nitrogens with two attached hydrogens (primary N) is 1. The van der Waals surface area contributed by atoms with Crippen molar-refractivity contribution in [1.29, 1.82) is 0 Å². The minimum absolute atomic E-state index is 0.0461. The van der Waals surface area contributed by atoms with Crippen LogP contribution in [0.25, 0.3) is 28.0 Å². The number of anilines is 2. The van der Waals surface area contributed by atoms with Gasteiger partial charge in [-0.05, 0) is 50.6 Å². The molecule has 0 spiro atoms. The predicted molar refractivity (Wildman–Crippen MR) is 146 cm³/mol. The highest BCUT2D eigenvalue weighted by atomic mass is 19.3. The molecule has 1 saturated heterocycles. The molecule has 12 heteroatoms. The summed E-state index contributed by atoms with van der Waals surface area (Å²) in [6.45, 7) is 7.90. The van der Waals surface area contributed by atoms with Crippen molar-refractivity contribution in [1.82, 2.24) is 24.8 Å². The van der Waals surface area contributed by atoms with Crippen LogP contribution in [0, 0.1) is 18.6 Å². The fourth-order valence-corrected chi connectivity index (χ4v) is 5.12. The molecule has 210 valence electrons. The Labute approximate surface area is 227 Å². The number of rotatable bonds is 5. The molecule has 1 aliphatic heterocycles. The molecule has 0 bridgehead atoms. The molecule has 4 heterocycles. The average Bonchev–Trinajstić information content (AvgIpc) is 2.90. The first-order valence-electron chi connectivity index (χ1n) is 12.9. The quantitative estimate of drug-likeness (QED) is 0.275. The zero-order chi connectivity index (χ0) is 28.9. The van der Waals surface area contributed by atoms with Crippen LogP contribution in [0.1, 0.15) is 37.9 Å². The summed E-state index contributed by atoms with van der Waals surface area (Å²) in [5.74, 6) is -2.82. The van der Waals surface area contributed by atoms with Gasteiger partial charge in [0.2, 0.25) is 6.43 Å². The Kier molecular flexibility index (Phi) is 7.21. The monoisotopic (exact) mass is 555 g/mol. The molecule has 8 nitrogen and oxygen atoms in total. The topological polar surface area (TPSA) is 102 Å². The third kappa shape index (κ3) is 4.66. The van der Waals surface area contributed by atoms with Crippen molar-refractivity contribution in [3.8, 4) is 16.9 Å². The Morgan fingerprint density at radius 3 is 2.58 bits per heavy atom. The van der Waals surface area contributed by atoms with E-state index in [4.69, 9.17) is 5.73 Å². The number of alkyl halides is 2. The SMILES string of the molecule is Cc1ccnc(C(C)C(F)F)c1-n1c(=O)nc(N2C[C@@H](C)NC[C@@H]2C)c2cc(F)c(-c3c(N)cccc3F)nc21. The van der Waals surface area contributed by atoms with Gasteiger partial charge in [-0.1, -0.05) is 13.0 Å². The number of fused-ring (bicyclic) bond motifs is 1. The van der Waals surface area contributed by atoms with Gasteiger partial charge in [-0.2, -0.15) is 4.98 Å². The molecule has 3 N–H and O–H groups in total. The highest BCUT2D eigenvalue weighted by Gasteiger charge is 2.31. The van der Waals surface area contributed by atoms with Crippen LogP contribution in [-0.4, -0.2) is 51.1 Å². The lowest BCUT2D eigenvalue weighted by Gasteiger charge is -2.38. The maximum absolute atomic E-state index is 15.8. The van der Waals surface area contributed by atoms with Gasteiger partial charge >= 0.3 is 5.69 Å². The molecule has 1 fully saturated rings. The van der Waals surface area contributed by atoms with E-state index < -0.39 is 35.4 Å². The first-order chi connectivity index (χ1) is 19.0. The number of pyridine rings is 2. The fraction of sp³-hybridized carbons (Fsp3) is 0.357. The minimum Gasteiger partial charge on any atom is -0.398 e. The smallest absolute Gasteiger partial charge is 0.355 e. The largest absolute Gasteiger partial charge is 0.398 e. The molecule has 1 aromatic carbocycles. The summed E-state index contributed by atoms with van der Waals surface area (Å²) < 4.78 is 59.5. The average molecular weight is 556 g/mol. The van der Waals surface area contributed by atoms with Gasteiger partial charge in [-0.15, -0.1) is 0 Å². The Morgan fingerprint density at radius 2 is 1.88 bits per heavy atom. The van der Waals surface area contributed by atoms with E-state index >= 15 is 4.39 Å². The Bertz CT molecular complexity index is 1640. The highest BCUT2D eigenvalue weighted by molar-refractivity contribution is 5.91. The fourth-order valence-electron chi connectivity index (χ4n) is 5.12. The summed E-state index contributed by atoms with van der Waals surface area (Å²) in [4.78, 5) is 28.7. The van der Waals surface area contributed by atoms with E-state index in [1.54, 1.807) is 13.0 Å². The lowest BCUT2D eigenvalue weighted by molar-refractivity contribution is 0.119. The van der Waals surface area contributed by atoms with Crippen molar-refractivity contribution in [3.63, 3.8) is 0 Å². The normalized spacial score (nSPS) is 18.5. The van der Waals surface area contributed by atoms with Crippen molar-refractivity contribution >= 4 is 22.5 Å². The summed E-state index contributed by atoms with van der Waals surface area (Å²) in [5, 5.41) is 3.51. The van der Waals surface area contributed by atoms with E-state index in [9.17, 15) is 18.0 Å². The predicted octanol–water partition coefficient (Wildman–Crippen LogP) is 4.57. The van der Waals surface area contributed by atoms with E-state index in [-0.39, 0.29) is 51.6 Å². The van der Waals surface area contributed by atoms with Gasteiger partial charge in [-0.25, -0.2) is 31.9 Å². The molecular formula is C28H29F4N7O. The van der Waals surface area contributed by atoms with Crippen LogP contribution in [0.4, 0.5) is 29.1 Å². The molecule has 5 rings (SSSR count). The number of nitrogen functional groups attached to an aromatic ring is 1. The number of halogens is 4. The number of aryl methyl sites for hydroxylation is 1. The summed E-state index contributed by atoms with van der Waals surface area (Å²) in [6.07, 6.45) is -1.39. The number of hydrogen-bond donors (Lipinski definition) is 2. The number of hydrogen-bond acceptors (Lipinski definition) is 7. The molecule has 3 aromatic heterocycles. The van der Waals surface area contributed by atoms with Crippen molar-refractivity contribution in [2.45, 2.75) is 52.1 Å². The molecule has 0 radical (unpaired) electrons. The Morgan fingerprint density at radius 1 is 1.12 bits per heavy atom. The number of nitrogens with one attached hydrogen (secondary N) is 1. The van der Waals surface area contributed by atoms with Crippen molar-refractivity contribution in [2.75, 3.05) is 23.7 Å². The van der Waals surface area contributed by atoms with Crippen LogP contribution in [0.15, 0.2) is 41.3 Å². The number of benzene rings is 1. The summed E-state index contributed by atoms with van der Waals surface area (Å²) in [6, 6.07) is 6.57. The number of piperazine rings is 1. The highest BCUT2D eigenvalue weighted by Crippen LogP contribution is 2.36. The van der Waals surface area contributed by atoms with Gasteiger partial charge in [-0.3, -0.25) is 4.98 Å². The summed E-state index contributed by atoms with van der Waals surface area (Å²) in [5.41, 5.74) is 4.86. The van der Waals surface area contributed by atoms with Crippen molar-refractivity contribution in [3.05, 3.63) is 69.9 Å². The van der Waals surface area contributed by atoms with Gasteiger partial charge in [0, 0.05) is 37.1 Å².